The molecule has 0 N–H and O–H groups in total. The largest absolute Gasteiger partial charge is 0.331 e. The average Bonchev–Trinajstić information content (AvgIpc) is 3.42. The fourth-order valence-corrected chi connectivity index (χ4v) is 7.42. The Labute approximate surface area is 230 Å². The molecular formula is C29H28N4O4S2. The van der Waals surface area contributed by atoms with Gasteiger partial charge in [-0.15, -0.1) is 11.8 Å². The third kappa shape index (κ3) is 5.62. The smallest absolute Gasteiger partial charge is 0.294 e. The van der Waals surface area contributed by atoms with E-state index in [1.807, 2.05) is 28.8 Å². The predicted molar refractivity (Wildman–Crippen MR) is 154 cm³/mol. The van der Waals surface area contributed by atoms with Crippen molar-refractivity contribution in [1.29, 1.82) is 0 Å². The number of nitrogens with zero attached hydrogens (tertiary/aromatic N) is 4. The SMILES string of the molecule is Cn1c(S(=O)(=O)Cc2ccccc2)c(-c2ccccc2)c(=O)n(CCCCSc2cccc3nccn23)c1=O. The molecule has 0 radical (unpaired) electrons. The van der Waals surface area contributed by atoms with E-state index < -0.39 is 21.1 Å². The molecule has 0 bridgehead atoms. The van der Waals surface area contributed by atoms with E-state index >= 15 is 0 Å². The molecule has 3 heterocycles. The molecule has 0 aliphatic heterocycles. The number of aromatic nitrogens is 4. The summed E-state index contributed by atoms with van der Waals surface area (Å²) in [5.41, 5.74) is 0.717. The van der Waals surface area contributed by atoms with Crippen molar-refractivity contribution in [3.05, 3.63) is 118 Å². The van der Waals surface area contributed by atoms with E-state index in [4.69, 9.17) is 0 Å². The predicted octanol–water partition coefficient (Wildman–Crippen LogP) is 4.41. The summed E-state index contributed by atoms with van der Waals surface area (Å²) in [6, 6.07) is 23.4. The van der Waals surface area contributed by atoms with Gasteiger partial charge in [-0.2, -0.15) is 0 Å². The second-order valence-electron chi connectivity index (χ2n) is 9.16. The van der Waals surface area contributed by atoms with Gasteiger partial charge in [0.25, 0.3) is 5.56 Å². The Morgan fingerprint density at radius 2 is 1.59 bits per heavy atom. The van der Waals surface area contributed by atoms with Crippen LogP contribution in [-0.2, 0) is 29.2 Å². The third-order valence-corrected chi connectivity index (χ3v) is 9.37. The van der Waals surface area contributed by atoms with Gasteiger partial charge in [0, 0.05) is 26.0 Å². The van der Waals surface area contributed by atoms with Crippen LogP contribution < -0.4 is 11.2 Å². The van der Waals surface area contributed by atoms with Crippen LogP contribution in [0.3, 0.4) is 0 Å². The molecule has 0 aliphatic rings. The Hall–Kier alpha value is -3.89. The zero-order valence-corrected chi connectivity index (χ0v) is 23.1. The average molecular weight is 561 g/mol. The van der Waals surface area contributed by atoms with Crippen molar-refractivity contribution in [2.45, 2.75) is 35.2 Å². The van der Waals surface area contributed by atoms with Crippen molar-refractivity contribution >= 4 is 27.2 Å². The summed E-state index contributed by atoms with van der Waals surface area (Å²) < 4.78 is 31.5. The molecule has 0 aliphatic carbocycles. The molecule has 5 aromatic rings. The van der Waals surface area contributed by atoms with Crippen LogP contribution in [-0.4, -0.2) is 32.7 Å². The summed E-state index contributed by atoms with van der Waals surface area (Å²) in [4.78, 5) is 31.4. The number of rotatable bonds is 10. The molecule has 0 fully saturated rings. The minimum absolute atomic E-state index is 0.0230. The summed E-state index contributed by atoms with van der Waals surface area (Å²) >= 11 is 1.68. The highest BCUT2D eigenvalue weighted by molar-refractivity contribution is 7.99. The second kappa shape index (κ2) is 11.5. The van der Waals surface area contributed by atoms with E-state index in [1.165, 1.54) is 7.05 Å². The summed E-state index contributed by atoms with van der Waals surface area (Å²) in [5.74, 6) is 0.479. The van der Waals surface area contributed by atoms with Crippen molar-refractivity contribution in [3.8, 4) is 11.1 Å². The molecule has 0 atom stereocenters. The molecule has 8 nitrogen and oxygen atoms in total. The Bertz CT molecular complexity index is 1830. The van der Waals surface area contributed by atoms with Gasteiger partial charge in [-0.25, -0.2) is 18.2 Å². The molecule has 0 spiro atoms. The van der Waals surface area contributed by atoms with Gasteiger partial charge in [-0.3, -0.25) is 18.3 Å². The van der Waals surface area contributed by atoms with Crippen LogP contribution in [0.4, 0.5) is 0 Å². The first kappa shape index (κ1) is 26.7. The molecule has 39 heavy (non-hydrogen) atoms. The van der Waals surface area contributed by atoms with Crippen molar-refractivity contribution in [3.63, 3.8) is 0 Å². The first-order valence-electron chi connectivity index (χ1n) is 12.6. The highest BCUT2D eigenvalue weighted by Crippen LogP contribution is 2.26. The second-order valence-corrected chi connectivity index (χ2v) is 12.2. The van der Waals surface area contributed by atoms with Gasteiger partial charge in [0.1, 0.15) is 5.65 Å². The molecule has 0 saturated carbocycles. The lowest BCUT2D eigenvalue weighted by Crippen LogP contribution is -2.42. The number of thioether (sulfide) groups is 1. The maximum atomic E-state index is 13.7. The molecule has 2 aromatic carbocycles. The number of imidazole rings is 1. The quantitative estimate of drug-likeness (QED) is 0.143. The molecular weight excluding hydrogens is 532 g/mol. The van der Waals surface area contributed by atoms with Crippen LogP contribution >= 0.6 is 11.8 Å². The van der Waals surface area contributed by atoms with Crippen molar-refractivity contribution in [2.24, 2.45) is 7.05 Å². The van der Waals surface area contributed by atoms with Crippen LogP contribution in [0.5, 0.6) is 0 Å². The maximum absolute atomic E-state index is 13.7. The molecule has 0 unspecified atom stereocenters. The van der Waals surface area contributed by atoms with E-state index in [2.05, 4.69) is 4.98 Å². The molecule has 0 saturated heterocycles. The van der Waals surface area contributed by atoms with Gasteiger partial charge >= 0.3 is 5.69 Å². The van der Waals surface area contributed by atoms with E-state index in [0.717, 1.165) is 32.0 Å². The van der Waals surface area contributed by atoms with Crippen LogP contribution in [0.1, 0.15) is 18.4 Å². The first-order valence-corrected chi connectivity index (χ1v) is 15.2. The lowest BCUT2D eigenvalue weighted by Gasteiger charge is -2.17. The van der Waals surface area contributed by atoms with Gasteiger partial charge in [0.2, 0.25) is 0 Å². The standard InChI is InChI=1S/C29H28N4O4S2/c1-31-28(39(36,37)21-22-11-4-2-5-12-22)26(23-13-6-3-7-14-23)27(34)33(29(31)35)18-8-9-20-38-25-16-10-15-24-30-17-19-32(24)25/h2-7,10-17,19H,8-9,18,20-21H2,1H3. The Kier molecular flexibility index (Phi) is 7.85. The van der Waals surface area contributed by atoms with Crippen molar-refractivity contribution < 1.29 is 8.42 Å². The fraction of sp³-hybridized carbons (Fsp3) is 0.207. The van der Waals surface area contributed by atoms with Gasteiger partial charge in [-0.05, 0) is 41.9 Å². The molecule has 200 valence electrons. The zero-order chi connectivity index (χ0) is 27.4. The number of fused-ring (bicyclic) bond motifs is 1. The number of sulfone groups is 1. The number of benzene rings is 2. The monoisotopic (exact) mass is 560 g/mol. The topological polar surface area (TPSA) is 95.4 Å². The van der Waals surface area contributed by atoms with Gasteiger partial charge in [-0.1, -0.05) is 66.7 Å². The first-order chi connectivity index (χ1) is 18.9. The van der Waals surface area contributed by atoms with E-state index in [0.29, 0.717) is 17.5 Å². The van der Waals surface area contributed by atoms with Crippen LogP contribution in [0.15, 0.2) is 111 Å². The Morgan fingerprint density at radius 3 is 2.33 bits per heavy atom. The van der Waals surface area contributed by atoms with E-state index in [9.17, 15) is 18.0 Å². The highest BCUT2D eigenvalue weighted by atomic mass is 32.2. The normalized spacial score (nSPS) is 11.7. The van der Waals surface area contributed by atoms with Gasteiger partial charge < -0.3 is 0 Å². The third-order valence-electron chi connectivity index (χ3n) is 6.47. The summed E-state index contributed by atoms with van der Waals surface area (Å²) in [7, 11) is -2.60. The molecule has 3 aromatic heterocycles. The summed E-state index contributed by atoms with van der Waals surface area (Å²) in [6.07, 6.45) is 5.03. The molecule has 10 heteroatoms. The van der Waals surface area contributed by atoms with Crippen LogP contribution in [0.2, 0.25) is 0 Å². The van der Waals surface area contributed by atoms with Crippen molar-refractivity contribution in [1.82, 2.24) is 18.5 Å². The summed E-state index contributed by atoms with van der Waals surface area (Å²) in [6.45, 7) is 0.195. The minimum Gasteiger partial charge on any atom is -0.294 e. The number of hydrogen-bond donors (Lipinski definition) is 0. The van der Waals surface area contributed by atoms with Crippen molar-refractivity contribution in [2.75, 3.05) is 5.75 Å². The number of unbranched alkanes of at least 4 members (excludes halogenated alkanes) is 1. The van der Waals surface area contributed by atoms with Gasteiger partial charge in [0.05, 0.1) is 16.3 Å². The number of hydrogen-bond acceptors (Lipinski definition) is 6. The minimum atomic E-state index is -4.02. The van der Waals surface area contributed by atoms with Crippen LogP contribution in [0, 0.1) is 0 Å². The zero-order valence-electron chi connectivity index (χ0n) is 21.4. The van der Waals surface area contributed by atoms with Crippen LogP contribution in [0.25, 0.3) is 16.8 Å². The highest BCUT2D eigenvalue weighted by Gasteiger charge is 2.28. The van der Waals surface area contributed by atoms with E-state index in [-0.39, 0.29) is 22.9 Å². The van der Waals surface area contributed by atoms with Gasteiger partial charge in [0.15, 0.2) is 14.9 Å². The molecule has 5 rings (SSSR count). The molecule has 0 amide bonds. The van der Waals surface area contributed by atoms with E-state index in [1.54, 1.807) is 78.6 Å². The summed E-state index contributed by atoms with van der Waals surface area (Å²) in [5, 5.41) is 0.810. The lowest BCUT2D eigenvalue weighted by atomic mass is 10.1. The lowest BCUT2D eigenvalue weighted by molar-refractivity contribution is 0.528. The Balaban J connectivity index is 1.43. The maximum Gasteiger partial charge on any atom is 0.331 e. The fourth-order valence-electron chi connectivity index (χ4n) is 4.61. The number of pyridine rings is 1. The Morgan fingerprint density at radius 1 is 0.872 bits per heavy atom.